The van der Waals surface area contributed by atoms with Gasteiger partial charge in [-0.05, 0) is 37.5 Å². The first-order valence-corrected chi connectivity index (χ1v) is 8.72. The van der Waals surface area contributed by atoms with Crippen molar-refractivity contribution in [1.29, 1.82) is 0 Å². The highest BCUT2D eigenvalue weighted by molar-refractivity contribution is 6.33. The van der Waals surface area contributed by atoms with E-state index in [0.29, 0.717) is 11.8 Å². The number of hydrogen-bond acceptors (Lipinski definition) is 6. The number of benzene rings is 1. The molecule has 0 bridgehead atoms. The van der Waals surface area contributed by atoms with Gasteiger partial charge < -0.3 is 15.0 Å². The summed E-state index contributed by atoms with van der Waals surface area (Å²) in [4.78, 5) is 27.2. The first kappa shape index (κ1) is 18.3. The molecule has 2 aromatic rings. The highest BCUT2D eigenvalue weighted by Gasteiger charge is 2.17. The van der Waals surface area contributed by atoms with E-state index in [0.717, 1.165) is 32.0 Å². The molecule has 1 aliphatic rings. The molecular formula is C17H19ClFN5O2. The van der Waals surface area contributed by atoms with Crippen LogP contribution in [0, 0.1) is 5.82 Å². The molecule has 1 saturated heterocycles. The third-order valence-corrected chi connectivity index (χ3v) is 4.37. The molecule has 1 fully saturated rings. The monoisotopic (exact) mass is 379 g/mol. The quantitative estimate of drug-likeness (QED) is 0.860. The molecular weight excluding hydrogens is 361 g/mol. The Hall–Kier alpha value is -2.48. The van der Waals surface area contributed by atoms with Crippen LogP contribution < -0.4 is 15.0 Å². The molecule has 1 aromatic carbocycles. The topological polar surface area (TPSA) is 80.2 Å². The molecule has 138 valence electrons. The Balaban J connectivity index is 1.73. The van der Waals surface area contributed by atoms with Crippen LogP contribution >= 0.6 is 11.6 Å². The standard InChI is InChI=1S/C17H19ClFN5O2/c1-26-17-22-14(21-16(23-17)24-7-3-2-4-8-24)10-20-15(25)12-6-5-11(19)9-13(12)18/h5-6,9H,2-4,7-8,10H2,1H3,(H,20,25). The molecule has 0 atom stereocenters. The van der Waals surface area contributed by atoms with E-state index in [-0.39, 0.29) is 23.1 Å². The number of ether oxygens (including phenoxy) is 1. The molecule has 9 heteroatoms. The molecule has 1 aromatic heterocycles. The van der Waals surface area contributed by atoms with Gasteiger partial charge >= 0.3 is 6.01 Å². The number of methoxy groups -OCH3 is 1. The van der Waals surface area contributed by atoms with E-state index >= 15 is 0 Å². The first-order chi connectivity index (χ1) is 12.6. The van der Waals surface area contributed by atoms with E-state index in [2.05, 4.69) is 25.2 Å². The van der Waals surface area contributed by atoms with Gasteiger partial charge in [0, 0.05) is 13.1 Å². The van der Waals surface area contributed by atoms with Gasteiger partial charge in [-0.15, -0.1) is 0 Å². The summed E-state index contributed by atoms with van der Waals surface area (Å²) in [5, 5.41) is 2.73. The second kappa shape index (κ2) is 8.27. The molecule has 1 aliphatic heterocycles. The Morgan fingerprint density at radius 1 is 1.27 bits per heavy atom. The maximum Gasteiger partial charge on any atom is 0.321 e. The predicted octanol–water partition coefficient (Wildman–Crippen LogP) is 2.59. The summed E-state index contributed by atoms with van der Waals surface area (Å²) in [6.45, 7) is 1.83. The molecule has 0 unspecified atom stereocenters. The SMILES string of the molecule is COc1nc(CNC(=O)c2ccc(F)cc2Cl)nc(N2CCCCC2)n1. The third-order valence-electron chi connectivity index (χ3n) is 4.05. The fraction of sp³-hybridized carbons (Fsp3) is 0.412. The van der Waals surface area contributed by atoms with Crippen LogP contribution in [0.2, 0.25) is 5.02 Å². The van der Waals surface area contributed by atoms with Gasteiger partial charge in [0.15, 0.2) is 5.82 Å². The first-order valence-electron chi connectivity index (χ1n) is 8.34. The number of anilines is 1. The molecule has 26 heavy (non-hydrogen) atoms. The van der Waals surface area contributed by atoms with Crippen LogP contribution in [0.3, 0.4) is 0 Å². The fourth-order valence-electron chi connectivity index (χ4n) is 2.72. The normalized spacial score (nSPS) is 14.2. The van der Waals surface area contributed by atoms with Gasteiger partial charge in [0.1, 0.15) is 5.82 Å². The minimum Gasteiger partial charge on any atom is -0.467 e. The minimum atomic E-state index is -0.500. The lowest BCUT2D eigenvalue weighted by Crippen LogP contribution is -2.32. The predicted molar refractivity (Wildman–Crippen MR) is 95.0 cm³/mol. The molecule has 0 saturated carbocycles. The molecule has 2 heterocycles. The van der Waals surface area contributed by atoms with Crippen LogP contribution in [0.1, 0.15) is 35.4 Å². The molecule has 1 amide bonds. The second-order valence-electron chi connectivity index (χ2n) is 5.89. The van der Waals surface area contributed by atoms with E-state index < -0.39 is 11.7 Å². The maximum absolute atomic E-state index is 13.1. The maximum atomic E-state index is 13.1. The van der Waals surface area contributed by atoms with Gasteiger partial charge in [0.2, 0.25) is 5.95 Å². The molecule has 0 spiro atoms. The van der Waals surface area contributed by atoms with Crippen LogP contribution in [0.4, 0.5) is 10.3 Å². The lowest BCUT2D eigenvalue weighted by molar-refractivity contribution is 0.0949. The van der Waals surface area contributed by atoms with Gasteiger partial charge in [0.05, 0.1) is 24.2 Å². The van der Waals surface area contributed by atoms with Gasteiger partial charge in [-0.1, -0.05) is 11.6 Å². The zero-order chi connectivity index (χ0) is 18.5. The van der Waals surface area contributed by atoms with Crippen molar-refractivity contribution in [2.24, 2.45) is 0 Å². The number of aromatic nitrogens is 3. The van der Waals surface area contributed by atoms with Gasteiger partial charge in [0.25, 0.3) is 5.91 Å². The van der Waals surface area contributed by atoms with Crippen molar-refractivity contribution in [3.05, 3.63) is 40.4 Å². The van der Waals surface area contributed by atoms with Crippen molar-refractivity contribution in [3.8, 4) is 6.01 Å². The van der Waals surface area contributed by atoms with Crippen LogP contribution in [-0.2, 0) is 6.54 Å². The number of nitrogens with zero attached hydrogens (tertiary/aromatic N) is 4. The zero-order valence-corrected chi connectivity index (χ0v) is 15.1. The molecule has 0 radical (unpaired) electrons. The Morgan fingerprint density at radius 2 is 2.04 bits per heavy atom. The van der Waals surface area contributed by atoms with E-state index in [1.165, 1.54) is 25.7 Å². The van der Waals surface area contributed by atoms with Crippen LogP contribution in [0.5, 0.6) is 6.01 Å². The average Bonchev–Trinajstić information content (AvgIpc) is 2.66. The highest BCUT2D eigenvalue weighted by atomic mass is 35.5. The number of nitrogens with one attached hydrogen (secondary N) is 1. The Morgan fingerprint density at radius 3 is 2.73 bits per heavy atom. The van der Waals surface area contributed by atoms with Crippen molar-refractivity contribution in [3.63, 3.8) is 0 Å². The second-order valence-corrected chi connectivity index (χ2v) is 6.30. The third kappa shape index (κ3) is 4.37. The summed E-state index contributed by atoms with van der Waals surface area (Å²) in [6, 6.07) is 3.81. The summed E-state index contributed by atoms with van der Waals surface area (Å²) in [7, 11) is 1.48. The van der Waals surface area contributed by atoms with Crippen molar-refractivity contribution < 1.29 is 13.9 Å². The summed E-state index contributed by atoms with van der Waals surface area (Å²) in [5.41, 5.74) is 0.186. The zero-order valence-electron chi connectivity index (χ0n) is 14.3. The minimum absolute atomic E-state index is 0.0460. The fourth-order valence-corrected chi connectivity index (χ4v) is 2.97. The van der Waals surface area contributed by atoms with E-state index in [1.54, 1.807) is 0 Å². The van der Waals surface area contributed by atoms with E-state index in [1.807, 2.05) is 0 Å². The van der Waals surface area contributed by atoms with Gasteiger partial charge in [-0.3, -0.25) is 4.79 Å². The van der Waals surface area contributed by atoms with Gasteiger partial charge in [-0.25, -0.2) is 4.39 Å². The smallest absolute Gasteiger partial charge is 0.321 e. The summed E-state index contributed by atoms with van der Waals surface area (Å²) >= 11 is 5.91. The number of carbonyl (C=O) groups excluding carboxylic acids is 1. The number of halogens is 2. The number of hydrogen-bond donors (Lipinski definition) is 1. The van der Waals surface area contributed by atoms with E-state index in [4.69, 9.17) is 16.3 Å². The largest absolute Gasteiger partial charge is 0.467 e. The number of piperidine rings is 1. The number of amides is 1. The summed E-state index contributed by atoms with van der Waals surface area (Å²) in [5.74, 6) is -0.0153. The lowest BCUT2D eigenvalue weighted by Gasteiger charge is -2.26. The Labute approximate surface area is 155 Å². The van der Waals surface area contributed by atoms with Gasteiger partial charge in [-0.2, -0.15) is 15.0 Å². The van der Waals surface area contributed by atoms with Crippen LogP contribution in [0.25, 0.3) is 0 Å². The highest BCUT2D eigenvalue weighted by Crippen LogP contribution is 2.19. The van der Waals surface area contributed by atoms with E-state index in [9.17, 15) is 9.18 Å². The van der Waals surface area contributed by atoms with Crippen molar-refractivity contribution in [2.75, 3.05) is 25.1 Å². The van der Waals surface area contributed by atoms with Crippen LogP contribution in [-0.4, -0.2) is 41.1 Å². The summed E-state index contributed by atoms with van der Waals surface area (Å²) < 4.78 is 18.3. The lowest BCUT2D eigenvalue weighted by atomic mass is 10.1. The molecule has 1 N–H and O–H groups in total. The van der Waals surface area contributed by atoms with Crippen molar-refractivity contribution in [1.82, 2.24) is 20.3 Å². The summed E-state index contributed by atoms with van der Waals surface area (Å²) in [6.07, 6.45) is 3.37. The van der Waals surface area contributed by atoms with Crippen molar-refractivity contribution >= 4 is 23.5 Å². The molecule has 7 nitrogen and oxygen atoms in total. The molecule has 0 aliphatic carbocycles. The van der Waals surface area contributed by atoms with Crippen molar-refractivity contribution in [2.45, 2.75) is 25.8 Å². The molecule has 3 rings (SSSR count). The Kier molecular flexibility index (Phi) is 5.82. The Bertz CT molecular complexity index is 799. The number of rotatable bonds is 5. The average molecular weight is 380 g/mol. The van der Waals surface area contributed by atoms with Crippen LogP contribution in [0.15, 0.2) is 18.2 Å². The number of carbonyl (C=O) groups is 1.